The number of hydrazine groups is 1. The third-order valence-corrected chi connectivity index (χ3v) is 2.23. The third kappa shape index (κ3) is 1.35. The summed E-state index contributed by atoms with van der Waals surface area (Å²) in [6, 6.07) is 0. The SMILES string of the molecule is Cc1nc2cncc(C)n2c1C(=O)NN. The van der Waals surface area contributed by atoms with E-state index in [0.29, 0.717) is 17.0 Å². The molecular formula is C9H11N5O. The molecule has 0 aliphatic rings. The predicted octanol–water partition coefficient (Wildman–Crippen LogP) is -0.0504. The second kappa shape index (κ2) is 3.32. The van der Waals surface area contributed by atoms with Crippen LogP contribution in [0.15, 0.2) is 12.4 Å². The van der Waals surface area contributed by atoms with Crippen LogP contribution in [0, 0.1) is 13.8 Å². The average molecular weight is 205 g/mol. The summed E-state index contributed by atoms with van der Waals surface area (Å²) in [5, 5.41) is 0. The van der Waals surface area contributed by atoms with Gasteiger partial charge in [-0.15, -0.1) is 0 Å². The van der Waals surface area contributed by atoms with Crippen molar-refractivity contribution in [1.29, 1.82) is 0 Å². The maximum absolute atomic E-state index is 11.5. The molecule has 2 aromatic heterocycles. The summed E-state index contributed by atoms with van der Waals surface area (Å²) in [5.74, 6) is 4.76. The first-order chi connectivity index (χ1) is 7.15. The number of nitrogens with two attached hydrogens (primary N) is 1. The maximum atomic E-state index is 11.5. The molecule has 2 rings (SSSR count). The van der Waals surface area contributed by atoms with Gasteiger partial charge in [0.25, 0.3) is 5.91 Å². The van der Waals surface area contributed by atoms with Crippen LogP contribution in [0.4, 0.5) is 0 Å². The standard InChI is InChI=1S/C9H11N5O/c1-5-3-11-4-7-12-6(2)8(14(5)7)9(15)13-10/h3-4H,10H2,1-2H3,(H,13,15). The van der Waals surface area contributed by atoms with Crippen LogP contribution >= 0.6 is 0 Å². The van der Waals surface area contributed by atoms with Crippen molar-refractivity contribution in [3.8, 4) is 0 Å². The van der Waals surface area contributed by atoms with Crippen molar-refractivity contribution in [2.75, 3.05) is 0 Å². The molecule has 0 saturated carbocycles. The van der Waals surface area contributed by atoms with E-state index in [1.807, 2.05) is 6.92 Å². The minimum atomic E-state index is -0.352. The van der Waals surface area contributed by atoms with Crippen LogP contribution in [0.2, 0.25) is 0 Å². The van der Waals surface area contributed by atoms with Gasteiger partial charge in [0.1, 0.15) is 5.69 Å². The number of nitrogen functional groups attached to an aromatic ring is 1. The van der Waals surface area contributed by atoms with Gasteiger partial charge in [0.2, 0.25) is 0 Å². The molecule has 1 amide bonds. The van der Waals surface area contributed by atoms with E-state index in [2.05, 4.69) is 15.4 Å². The number of carbonyl (C=O) groups is 1. The van der Waals surface area contributed by atoms with Crippen molar-refractivity contribution >= 4 is 11.6 Å². The molecule has 0 aromatic carbocycles. The highest BCUT2D eigenvalue weighted by atomic mass is 16.2. The van der Waals surface area contributed by atoms with Crippen LogP contribution in [0.1, 0.15) is 21.9 Å². The van der Waals surface area contributed by atoms with Gasteiger partial charge < -0.3 is 0 Å². The molecule has 0 radical (unpaired) electrons. The first kappa shape index (κ1) is 9.60. The number of hydrogen-bond donors (Lipinski definition) is 2. The Labute approximate surface area is 86.1 Å². The topological polar surface area (TPSA) is 85.3 Å². The van der Waals surface area contributed by atoms with Crippen molar-refractivity contribution in [2.45, 2.75) is 13.8 Å². The summed E-state index contributed by atoms with van der Waals surface area (Å²) in [7, 11) is 0. The fourth-order valence-electron chi connectivity index (χ4n) is 1.60. The molecule has 78 valence electrons. The number of imidazole rings is 1. The minimum absolute atomic E-state index is 0.352. The lowest BCUT2D eigenvalue weighted by molar-refractivity contribution is 0.0947. The largest absolute Gasteiger partial charge is 0.290 e. The number of nitrogens with zero attached hydrogens (tertiary/aromatic N) is 3. The molecule has 3 N–H and O–H groups in total. The minimum Gasteiger partial charge on any atom is -0.290 e. The molecule has 0 bridgehead atoms. The Bertz CT molecular complexity index is 531. The highest BCUT2D eigenvalue weighted by molar-refractivity contribution is 5.94. The quantitative estimate of drug-likeness (QED) is 0.388. The molecule has 15 heavy (non-hydrogen) atoms. The van der Waals surface area contributed by atoms with Crippen molar-refractivity contribution in [3.63, 3.8) is 0 Å². The van der Waals surface area contributed by atoms with Gasteiger partial charge in [-0.3, -0.25) is 19.6 Å². The molecule has 2 heterocycles. The third-order valence-electron chi connectivity index (χ3n) is 2.23. The second-order valence-electron chi connectivity index (χ2n) is 3.26. The van der Waals surface area contributed by atoms with Gasteiger partial charge in [-0.05, 0) is 13.8 Å². The van der Waals surface area contributed by atoms with Crippen molar-refractivity contribution < 1.29 is 4.79 Å². The Hall–Kier alpha value is -1.95. The van der Waals surface area contributed by atoms with E-state index in [1.165, 1.54) is 0 Å². The van der Waals surface area contributed by atoms with Gasteiger partial charge >= 0.3 is 0 Å². The smallest absolute Gasteiger partial charge is 0.284 e. The van der Waals surface area contributed by atoms with E-state index in [0.717, 1.165) is 5.69 Å². The van der Waals surface area contributed by atoms with E-state index < -0.39 is 0 Å². The van der Waals surface area contributed by atoms with Crippen LogP contribution in [-0.2, 0) is 0 Å². The van der Waals surface area contributed by atoms with Crippen molar-refractivity contribution in [3.05, 3.63) is 29.5 Å². The van der Waals surface area contributed by atoms with Gasteiger partial charge in [-0.2, -0.15) is 0 Å². The van der Waals surface area contributed by atoms with Crippen LogP contribution in [0.5, 0.6) is 0 Å². The summed E-state index contributed by atoms with van der Waals surface area (Å²) in [6.45, 7) is 3.62. The maximum Gasteiger partial charge on any atom is 0.284 e. The average Bonchev–Trinajstić information content (AvgIpc) is 2.55. The Morgan fingerprint density at radius 1 is 1.47 bits per heavy atom. The van der Waals surface area contributed by atoms with E-state index in [4.69, 9.17) is 5.84 Å². The molecule has 6 nitrogen and oxygen atoms in total. The van der Waals surface area contributed by atoms with Gasteiger partial charge in [0.15, 0.2) is 5.65 Å². The zero-order valence-electron chi connectivity index (χ0n) is 8.48. The Balaban J connectivity index is 2.82. The molecule has 0 unspecified atom stereocenters. The molecule has 0 spiro atoms. The number of fused-ring (bicyclic) bond motifs is 1. The second-order valence-corrected chi connectivity index (χ2v) is 3.26. The fourth-order valence-corrected chi connectivity index (χ4v) is 1.60. The number of amides is 1. The lowest BCUT2D eigenvalue weighted by Gasteiger charge is -2.03. The summed E-state index contributed by atoms with van der Waals surface area (Å²) >= 11 is 0. The molecule has 2 aromatic rings. The zero-order valence-corrected chi connectivity index (χ0v) is 8.48. The van der Waals surface area contributed by atoms with Gasteiger partial charge in [-0.25, -0.2) is 10.8 Å². The fraction of sp³-hybridized carbons (Fsp3) is 0.222. The van der Waals surface area contributed by atoms with E-state index >= 15 is 0 Å². The summed E-state index contributed by atoms with van der Waals surface area (Å²) in [5.41, 5.74) is 4.68. The highest BCUT2D eigenvalue weighted by Crippen LogP contribution is 2.12. The molecule has 0 aliphatic carbocycles. The predicted molar refractivity (Wildman–Crippen MR) is 54.1 cm³/mol. The van der Waals surface area contributed by atoms with E-state index in [-0.39, 0.29) is 5.91 Å². The molecule has 0 fully saturated rings. The van der Waals surface area contributed by atoms with Gasteiger partial charge in [0.05, 0.1) is 11.9 Å². The molecule has 6 heteroatoms. The summed E-state index contributed by atoms with van der Waals surface area (Å²) in [4.78, 5) is 19.8. The Morgan fingerprint density at radius 2 is 2.20 bits per heavy atom. The molecule has 0 atom stereocenters. The first-order valence-corrected chi connectivity index (χ1v) is 4.45. The normalized spacial score (nSPS) is 10.6. The van der Waals surface area contributed by atoms with E-state index in [1.54, 1.807) is 23.7 Å². The number of carbonyl (C=O) groups excluding carboxylic acids is 1. The number of hydrogen-bond acceptors (Lipinski definition) is 4. The van der Waals surface area contributed by atoms with Gasteiger partial charge in [0, 0.05) is 11.9 Å². The van der Waals surface area contributed by atoms with Crippen LogP contribution < -0.4 is 11.3 Å². The van der Waals surface area contributed by atoms with Crippen LogP contribution in [-0.4, -0.2) is 20.3 Å². The van der Waals surface area contributed by atoms with E-state index in [9.17, 15) is 4.79 Å². The first-order valence-electron chi connectivity index (χ1n) is 4.45. The lowest BCUT2D eigenvalue weighted by Crippen LogP contribution is -2.31. The number of rotatable bonds is 1. The highest BCUT2D eigenvalue weighted by Gasteiger charge is 2.16. The van der Waals surface area contributed by atoms with Crippen molar-refractivity contribution in [1.82, 2.24) is 19.8 Å². The molecule has 0 aliphatic heterocycles. The van der Waals surface area contributed by atoms with Gasteiger partial charge in [-0.1, -0.05) is 0 Å². The summed E-state index contributed by atoms with van der Waals surface area (Å²) in [6.07, 6.45) is 3.27. The van der Waals surface area contributed by atoms with Crippen LogP contribution in [0.25, 0.3) is 5.65 Å². The zero-order chi connectivity index (χ0) is 11.0. The molecular weight excluding hydrogens is 194 g/mol. The van der Waals surface area contributed by atoms with Crippen LogP contribution in [0.3, 0.4) is 0 Å². The lowest BCUT2D eigenvalue weighted by atomic mass is 10.3. The number of aromatic nitrogens is 3. The van der Waals surface area contributed by atoms with Crippen molar-refractivity contribution in [2.24, 2.45) is 5.84 Å². The number of aryl methyl sites for hydroxylation is 2. The number of nitrogens with one attached hydrogen (secondary N) is 1. The Morgan fingerprint density at radius 3 is 2.87 bits per heavy atom. The monoisotopic (exact) mass is 205 g/mol. The Kier molecular flexibility index (Phi) is 2.12. The molecule has 0 saturated heterocycles. The summed E-state index contributed by atoms with van der Waals surface area (Å²) < 4.78 is 1.73.